The number of anilines is 1. The van der Waals surface area contributed by atoms with Crippen molar-refractivity contribution in [2.24, 2.45) is 0 Å². The number of phenolic OH excluding ortho intramolecular Hbond substituents is 1. The third kappa shape index (κ3) is 5.14. The summed E-state index contributed by atoms with van der Waals surface area (Å²) in [4.78, 5) is 22.6. The van der Waals surface area contributed by atoms with Gasteiger partial charge in [-0.05, 0) is 19.1 Å². The fourth-order valence-electron chi connectivity index (χ4n) is 1.32. The van der Waals surface area contributed by atoms with Gasteiger partial charge in [-0.2, -0.15) is 0 Å². The first-order valence-corrected chi connectivity index (χ1v) is 6.58. The first-order valence-electron chi connectivity index (χ1n) is 5.82. The van der Waals surface area contributed by atoms with Crippen LogP contribution in [0.4, 0.5) is 10.5 Å². The van der Waals surface area contributed by atoms with Crippen molar-refractivity contribution in [2.75, 3.05) is 18.5 Å². The summed E-state index contributed by atoms with van der Waals surface area (Å²) in [5.41, 5.74) is 0.325. The van der Waals surface area contributed by atoms with Gasteiger partial charge in [0.25, 0.3) is 0 Å². The van der Waals surface area contributed by atoms with Gasteiger partial charge >= 0.3 is 12.0 Å². The molecule has 0 bridgehead atoms. The molecule has 0 aliphatic carbocycles. The van der Waals surface area contributed by atoms with Crippen LogP contribution in [0.2, 0.25) is 10.0 Å². The van der Waals surface area contributed by atoms with Crippen molar-refractivity contribution in [3.05, 3.63) is 22.2 Å². The van der Waals surface area contributed by atoms with Crippen LogP contribution in [0.1, 0.15) is 13.3 Å². The summed E-state index contributed by atoms with van der Waals surface area (Å²) in [5.74, 6) is -0.634. The van der Waals surface area contributed by atoms with E-state index in [-0.39, 0.29) is 34.7 Å². The Bertz CT molecular complexity index is 485. The first-order chi connectivity index (χ1) is 9.43. The van der Waals surface area contributed by atoms with Crippen molar-refractivity contribution in [3.8, 4) is 5.75 Å². The molecule has 1 aromatic rings. The third-order valence-corrected chi connectivity index (χ3v) is 2.77. The average molecular weight is 321 g/mol. The van der Waals surface area contributed by atoms with Gasteiger partial charge in [-0.25, -0.2) is 4.79 Å². The smallest absolute Gasteiger partial charge is 0.319 e. The van der Waals surface area contributed by atoms with E-state index < -0.39 is 6.03 Å². The Labute approximate surface area is 126 Å². The lowest BCUT2D eigenvalue weighted by Gasteiger charge is -2.09. The molecule has 110 valence electrons. The highest BCUT2D eigenvalue weighted by molar-refractivity contribution is 6.37. The van der Waals surface area contributed by atoms with Crippen molar-refractivity contribution in [1.82, 2.24) is 5.32 Å². The van der Waals surface area contributed by atoms with E-state index in [2.05, 4.69) is 10.6 Å². The molecule has 6 nitrogen and oxygen atoms in total. The van der Waals surface area contributed by atoms with Gasteiger partial charge in [0.2, 0.25) is 0 Å². The number of aromatic hydroxyl groups is 1. The molecule has 0 heterocycles. The molecule has 0 radical (unpaired) electrons. The number of amides is 2. The number of urea groups is 1. The molecule has 0 fully saturated rings. The van der Waals surface area contributed by atoms with Gasteiger partial charge in [0.15, 0.2) is 5.75 Å². The van der Waals surface area contributed by atoms with E-state index in [0.29, 0.717) is 12.3 Å². The monoisotopic (exact) mass is 320 g/mol. The standard InChI is InChI=1S/C12H14Cl2N2O4/c1-2-20-10(17)3-4-15-12(19)16-7-5-8(13)11(18)9(14)6-7/h5-6,18H,2-4H2,1H3,(H2,15,16,19). The summed E-state index contributed by atoms with van der Waals surface area (Å²) in [6.45, 7) is 2.15. The molecular formula is C12H14Cl2N2O4. The Hall–Kier alpha value is -1.66. The van der Waals surface area contributed by atoms with Crippen LogP contribution in [0, 0.1) is 0 Å². The predicted octanol–water partition coefficient (Wildman–Crippen LogP) is 2.77. The molecule has 20 heavy (non-hydrogen) atoms. The van der Waals surface area contributed by atoms with Gasteiger partial charge in [0, 0.05) is 12.2 Å². The van der Waals surface area contributed by atoms with E-state index in [4.69, 9.17) is 27.9 Å². The average Bonchev–Trinajstić information content (AvgIpc) is 2.36. The summed E-state index contributed by atoms with van der Waals surface area (Å²) in [6.07, 6.45) is 0.0817. The zero-order valence-corrected chi connectivity index (χ0v) is 12.2. The zero-order valence-electron chi connectivity index (χ0n) is 10.7. The third-order valence-electron chi connectivity index (χ3n) is 2.19. The van der Waals surface area contributed by atoms with E-state index in [1.807, 2.05) is 0 Å². The van der Waals surface area contributed by atoms with Crippen molar-refractivity contribution in [1.29, 1.82) is 0 Å². The minimum atomic E-state index is -0.521. The molecule has 0 spiro atoms. The molecule has 0 aliphatic heterocycles. The van der Waals surface area contributed by atoms with E-state index in [1.54, 1.807) is 6.92 Å². The number of carbonyl (C=O) groups is 2. The van der Waals surface area contributed by atoms with Crippen molar-refractivity contribution in [2.45, 2.75) is 13.3 Å². The van der Waals surface area contributed by atoms with E-state index in [9.17, 15) is 14.7 Å². The van der Waals surface area contributed by atoms with Crippen LogP contribution in [0.5, 0.6) is 5.75 Å². The minimum Gasteiger partial charge on any atom is -0.505 e. The van der Waals surface area contributed by atoms with E-state index in [0.717, 1.165) is 0 Å². The maximum absolute atomic E-state index is 11.5. The molecule has 1 aromatic carbocycles. The van der Waals surface area contributed by atoms with E-state index >= 15 is 0 Å². The number of rotatable bonds is 5. The Kier molecular flexibility index (Phi) is 6.41. The summed E-state index contributed by atoms with van der Waals surface area (Å²) in [5, 5.41) is 14.4. The van der Waals surface area contributed by atoms with Gasteiger partial charge < -0.3 is 20.5 Å². The molecule has 0 atom stereocenters. The van der Waals surface area contributed by atoms with Crippen molar-refractivity contribution < 1.29 is 19.4 Å². The summed E-state index contributed by atoms with van der Waals surface area (Å²) in [7, 11) is 0. The molecule has 0 saturated heterocycles. The summed E-state index contributed by atoms with van der Waals surface area (Å²) < 4.78 is 4.71. The predicted molar refractivity (Wildman–Crippen MR) is 76.4 cm³/mol. The molecule has 2 amide bonds. The Morgan fingerprint density at radius 2 is 1.90 bits per heavy atom. The number of ether oxygens (including phenoxy) is 1. The number of benzene rings is 1. The summed E-state index contributed by atoms with van der Waals surface area (Å²) in [6, 6.07) is 2.19. The van der Waals surface area contributed by atoms with Crippen molar-refractivity contribution in [3.63, 3.8) is 0 Å². The number of phenols is 1. The van der Waals surface area contributed by atoms with E-state index in [1.165, 1.54) is 12.1 Å². The van der Waals surface area contributed by atoms with Gasteiger partial charge in [-0.15, -0.1) is 0 Å². The number of esters is 1. The number of hydrogen-bond donors (Lipinski definition) is 3. The van der Waals surface area contributed by atoms with Crippen molar-refractivity contribution >= 4 is 40.9 Å². The normalized spacial score (nSPS) is 9.95. The molecule has 0 saturated carbocycles. The molecule has 0 aliphatic rings. The van der Waals surface area contributed by atoms with Gasteiger partial charge in [-0.3, -0.25) is 4.79 Å². The zero-order chi connectivity index (χ0) is 15.1. The molecule has 0 unspecified atom stereocenters. The highest BCUT2D eigenvalue weighted by Crippen LogP contribution is 2.34. The Morgan fingerprint density at radius 1 is 1.30 bits per heavy atom. The molecule has 8 heteroatoms. The quantitative estimate of drug-likeness (QED) is 0.575. The maximum atomic E-state index is 11.5. The fraction of sp³-hybridized carbons (Fsp3) is 0.333. The Morgan fingerprint density at radius 3 is 2.45 bits per heavy atom. The second kappa shape index (κ2) is 7.81. The van der Waals surface area contributed by atoms with Crippen LogP contribution in [0.3, 0.4) is 0 Å². The Balaban J connectivity index is 2.45. The lowest BCUT2D eigenvalue weighted by atomic mass is 10.3. The van der Waals surface area contributed by atoms with Crippen LogP contribution < -0.4 is 10.6 Å². The number of hydrogen-bond acceptors (Lipinski definition) is 4. The number of halogens is 2. The largest absolute Gasteiger partial charge is 0.505 e. The number of nitrogens with one attached hydrogen (secondary N) is 2. The molecule has 3 N–H and O–H groups in total. The SMILES string of the molecule is CCOC(=O)CCNC(=O)Nc1cc(Cl)c(O)c(Cl)c1. The topological polar surface area (TPSA) is 87.7 Å². The number of carbonyl (C=O) groups excluding carboxylic acids is 2. The van der Waals surface area contributed by atoms with Gasteiger partial charge in [0.05, 0.1) is 23.1 Å². The molecule has 1 rings (SSSR count). The van der Waals surface area contributed by atoms with Crippen LogP contribution in [0.15, 0.2) is 12.1 Å². The van der Waals surface area contributed by atoms with Crippen LogP contribution in [0.25, 0.3) is 0 Å². The second-order valence-electron chi connectivity index (χ2n) is 3.72. The summed E-state index contributed by atoms with van der Waals surface area (Å²) >= 11 is 11.4. The minimum absolute atomic E-state index is 0.0272. The second-order valence-corrected chi connectivity index (χ2v) is 4.54. The highest BCUT2D eigenvalue weighted by atomic mass is 35.5. The van der Waals surface area contributed by atoms with Gasteiger partial charge in [-0.1, -0.05) is 23.2 Å². The molecule has 0 aromatic heterocycles. The van der Waals surface area contributed by atoms with Crippen LogP contribution in [-0.2, 0) is 9.53 Å². The van der Waals surface area contributed by atoms with Crippen LogP contribution in [-0.4, -0.2) is 30.3 Å². The lowest BCUT2D eigenvalue weighted by Crippen LogP contribution is -2.30. The van der Waals surface area contributed by atoms with Gasteiger partial charge in [0.1, 0.15) is 0 Å². The lowest BCUT2D eigenvalue weighted by molar-refractivity contribution is -0.142. The maximum Gasteiger partial charge on any atom is 0.319 e. The van der Waals surface area contributed by atoms with Crippen LogP contribution >= 0.6 is 23.2 Å². The molecular weight excluding hydrogens is 307 g/mol. The first kappa shape index (κ1) is 16.4. The fourth-order valence-corrected chi connectivity index (χ4v) is 1.81. The highest BCUT2D eigenvalue weighted by Gasteiger charge is 2.09.